The van der Waals surface area contributed by atoms with Crippen LogP contribution >= 0.6 is 0 Å². The summed E-state index contributed by atoms with van der Waals surface area (Å²) in [5, 5.41) is 1.08. The number of benzene rings is 1. The molecule has 162 valence electrons. The monoisotopic (exact) mass is 399 g/mol. The van der Waals surface area contributed by atoms with E-state index in [4.69, 9.17) is 4.42 Å². The second-order valence-corrected chi connectivity index (χ2v) is 8.66. The van der Waals surface area contributed by atoms with Gasteiger partial charge in [-0.3, -0.25) is 0 Å². The molecule has 0 amide bonds. The van der Waals surface area contributed by atoms with E-state index in [2.05, 4.69) is 19.1 Å². The standard InChI is InChI=1S/C26H41NO2/c1-4-5-6-7-8-9-10-11-12-13-14-15-16-17-22-20-26(28)29-25-21-23(27(2)3)18-19-24(22)25/h18-21H,4-17H2,1-3H3. The smallest absolute Gasteiger partial charge is 0.336 e. The van der Waals surface area contributed by atoms with Gasteiger partial charge < -0.3 is 9.32 Å². The molecule has 0 fully saturated rings. The number of hydrogen-bond donors (Lipinski definition) is 0. The highest BCUT2D eigenvalue weighted by molar-refractivity contribution is 5.83. The van der Waals surface area contributed by atoms with E-state index in [-0.39, 0.29) is 5.63 Å². The fourth-order valence-electron chi connectivity index (χ4n) is 4.04. The van der Waals surface area contributed by atoms with Gasteiger partial charge in [-0.05, 0) is 30.5 Å². The Morgan fingerprint density at radius 1 is 0.759 bits per heavy atom. The molecular weight excluding hydrogens is 358 g/mol. The average Bonchev–Trinajstić information content (AvgIpc) is 2.70. The van der Waals surface area contributed by atoms with Crippen LogP contribution in [0.5, 0.6) is 0 Å². The number of rotatable bonds is 15. The molecule has 0 atom stereocenters. The van der Waals surface area contributed by atoms with Crippen molar-refractivity contribution in [2.45, 2.75) is 96.8 Å². The van der Waals surface area contributed by atoms with Gasteiger partial charge in [0.25, 0.3) is 0 Å². The molecule has 0 bridgehead atoms. The molecule has 1 aromatic heterocycles. The minimum absolute atomic E-state index is 0.238. The molecule has 1 aromatic carbocycles. The van der Waals surface area contributed by atoms with Gasteiger partial charge >= 0.3 is 5.63 Å². The largest absolute Gasteiger partial charge is 0.423 e. The molecule has 0 saturated heterocycles. The fraction of sp³-hybridized carbons (Fsp3) is 0.654. The summed E-state index contributed by atoms with van der Waals surface area (Å²) in [6.45, 7) is 2.28. The van der Waals surface area contributed by atoms with Crippen LogP contribution in [0, 0.1) is 0 Å². The van der Waals surface area contributed by atoms with Crippen molar-refractivity contribution in [3.8, 4) is 0 Å². The van der Waals surface area contributed by atoms with Crippen LogP contribution < -0.4 is 10.5 Å². The lowest BCUT2D eigenvalue weighted by molar-refractivity contribution is 0.538. The van der Waals surface area contributed by atoms with Gasteiger partial charge in [0.1, 0.15) is 5.58 Å². The predicted octanol–water partition coefficient (Wildman–Crippen LogP) is 7.49. The summed E-state index contributed by atoms with van der Waals surface area (Å²) in [7, 11) is 3.99. The third-order valence-corrected chi connectivity index (χ3v) is 5.88. The first-order valence-electron chi connectivity index (χ1n) is 11.9. The summed E-state index contributed by atoms with van der Waals surface area (Å²) in [5.41, 5.74) is 2.65. The van der Waals surface area contributed by atoms with E-state index in [1.165, 1.54) is 77.0 Å². The van der Waals surface area contributed by atoms with Crippen molar-refractivity contribution in [3.05, 3.63) is 40.2 Å². The Morgan fingerprint density at radius 3 is 1.86 bits per heavy atom. The van der Waals surface area contributed by atoms with Crippen molar-refractivity contribution in [2.24, 2.45) is 0 Å². The predicted molar refractivity (Wildman–Crippen MR) is 126 cm³/mol. The summed E-state index contributed by atoms with van der Waals surface area (Å²) in [4.78, 5) is 14.0. The molecule has 0 aliphatic heterocycles. The van der Waals surface area contributed by atoms with Crippen LogP contribution in [0.2, 0.25) is 0 Å². The van der Waals surface area contributed by atoms with Gasteiger partial charge in [-0.15, -0.1) is 0 Å². The van der Waals surface area contributed by atoms with E-state index in [0.29, 0.717) is 5.58 Å². The summed E-state index contributed by atoms with van der Waals surface area (Å²) >= 11 is 0. The zero-order chi connectivity index (χ0) is 20.9. The molecule has 29 heavy (non-hydrogen) atoms. The van der Waals surface area contributed by atoms with Crippen LogP contribution in [0.15, 0.2) is 33.5 Å². The second-order valence-electron chi connectivity index (χ2n) is 8.66. The van der Waals surface area contributed by atoms with Crippen LogP contribution in [0.1, 0.15) is 96.0 Å². The molecule has 1 heterocycles. The van der Waals surface area contributed by atoms with Crippen molar-refractivity contribution in [2.75, 3.05) is 19.0 Å². The molecule has 0 N–H and O–H groups in total. The van der Waals surface area contributed by atoms with Gasteiger partial charge in [0, 0.05) is 37.3 Å². The average molecular weight is 400 g/mol. The van der Waals surface area contributed by atoms with Crippen molar-refractivity contribution in [1.82, 2.24) is 0 Å². The molecule has 0 unspecified atom stereocenters. The molecule has 0 aliphatic carbocycles. The van der Waals surface area contributed by atoms with Crippen LogP contribution in [0.4, 0.5) is 5.69 Å². The topological polar surface area (TPSA) is 33.5 Å². The summed E-state index contributed by atoms with van der Waals surface area (Å²) < 4.78 is 5.43. The lowest BCUT2D eigenvalue weighted by atomic mass is 10.0. The van der Waals surface area contributed by atoms with E-state index < -0.39 is 0 Å². The van der Waals surface area contributed by atoms with Gasteiger partial charge in [-0.25, -0.2) is 4.79 Å². The van der Waals surface area contributed by atoms with Crippen LogP contribution in [0.25, 0.3) is 11.0 Å². The van der Waals surface area contributed by atoms with E-state index in [1.54, 1.807) is 6.07 Å². The van der Waals surface area contributed by atoms with Crippen molar-refractivity contribution in [1.29, 1.82) is 0 Å². The molecule has 0 aliphatic rings. The maximum absolute atomic E-state index is 11.9. The van der Waals surface area contributed by atoms with Crippen LogP contribution in [-0.2, 0) is 6.42 Å². The molecular formula is C26H41NO2. The molecule has 3 heteroatoms. The third-order valence-electron chi connectivity index (χ3n) is 5.88. The third kappa shape index (κ3) is 8.64. The summed E-state index contributed by atoms with van der Waals surface area (Å²) in [6, 6.07) is 7.82. The van der Waals surface area contributed by atoms with Gasteiger partial charge in [0.05, 0.1) is 0 Å². The Labute approximate surface area is 177 Å². The highest BCUT2D eigenvalue weighted by atomic mass is 16.4. The summed E-state index contributed by atoms with van der Waals surface area (Å²) in [6.07, 6.45) is 18.6. The second kappa shape index (κ2) is 13.5. The molecule has 2 rings (SSSR count). The molecule has 3 nitrogen and oxygen atoms in total. The number of hydrogen-bond acceptors (Lipinski definition) is 3. The zero-order valence-corrected chi connectivity index (χ0v) is 19.0. The van der Waals surface area contributed by atoms with E-state index in [1.807, 2.05) is 25.1 Å². The number of unbranched alkanes of at least 4 members (excludes halogenated alkanes) is 12. The lowest BCUT2D eigenvalue weighted by Crippen LogP contribution is -2.09. The first kappa shape index (κ1) is 23.5. The number of nitrogens with zero attached hydrogens (tertiary/aromatic N) is 1. The van der Waals surface area contributed by atoms with Gasteiger partial charge in [0.15, 0.2) is 0 Å². The van der Waals surface area contributed by atoms with Gasteiger partial charge in [-0.1, -0.05) is 84.0 Å². The Morgan fingerprint density at radius 2 is 1.31 bits per heavy atom. The first-order valence-corrected chi connectivity index (χ1v) is 11.9. The highest BCUT2D eigenvalue weighted by Crippen LogP contribution is 2.24. The van der Waals surface area contributed by atoms with E-state index >= 15 is 0 Å². The SMILES string of the molecule is CCCCCCCCCCCCCCCc1cc(=O)oc2cc(N(C)C)ccc12. The molecule has 0 saturated carbocycles. The zero-order valence-electron chi connectivity index (χ0n) is 19.0. The Kier molecular flexibility index (Phi) is 10.9. The Balaban J connectivity index is 1.63. The minimum atomic E-state index is -0.238. The maximum atomic E-state index is 11.9. The first-order chi connectivity index (χ1) is 14.1. The van der Waals surface area contributed by atoms with Crippen molar-refractivity contribution in [3.63, 3.8) is 0 Å². The van der Waals surface area contributed by atoms with Crippen molar-refractivity contribution < 1.29 is 4.42 Å². The number of fused-ring (bicyclic) bond motifs is 1. The van der Waals surface area contributed by atoms with E-state index in [9.17, 15) is 4.79 Å². The molecule has 2 aromatic rings. The summed E-state index contributed by atoms with van der Waals surface area (Å²) in [5.74, 6) is 0. The lowest BCUT2D eigenvalue weighted by Gasteiger charge is -2.13. The van der Waals surface area contributed by atoms with E-state index in [0.717, 1.165) is 29.5 Å². The number of anilines is 1. The normalized spacial score (nSPS) is 11.3. The van der Waals surface area contributed by atoms with Crippen LogP contribution in [0.3, 0.4) is 0 Å². The fourth-order valence-corrected chi connectivity index (χ4v) is 4.04. The minimum Gasteiger partial charge on any atom is -0.423 e. The maximum Gasteiger partial charge on any atom is 0.336 e. The highest BCUT2D eigenvalue weighted by Gasteiger charge is 2.07. The van der Waals surface area contributed by atoms with Gasteiger partial charge in [0.2, 0.25) is 0 Å². The quantitative estimate of drug-likeness (QED) is 0.230. The van der Waals surface area contributed by atoms with Crippen molar-refractivity contribution >= 4 is 16.7 Å². The van der Waals surface area contributed by atoms with Gasteiger partial charge in [-0.2, -0.15) is 0 Å². The molecule has 0 radical (unpaired) electrons. The molecule has 0 spiro atoms. The Bertz CT molecular complexity index is 763. The number of aryl methyl sites for hydroxylation is 1. The van der Waals surface area contributed by atoms with Crippen LogP contribution in [-0.4, -0.2) is 14.1 Å². The Hall–Kier alpha value is -1.77.